The van der Waals surface area contributed by atoms with Crippen molar-refractivity contribution < 1.29 is 24.2 Å². The molecular formula is C26H30N2O5. The molecule has 7 heteroatoms. The molecule has 3 N–H and O–H groups in total. The predicted molar refractivity (Wildman–Crippen MR) is 124 cm³/mol. The molecule has 0 aliphatic heterocycles. The Morgan fingerprint density at radius 3 is 2.21 bits per heavy atom. The second kappa shape index (κ2) is 10.5. The fourth-order valence-corrected chi connectivity index (χ4v) is 4.54. The minimum absolute atomic E-state index is 0.0445. The first-order valence-corrected chi connectivity index (χ1v) is 11.6. The normalized spacial score (nSPS) is 18.2. The minimum Gasteiger partial charge on any atom is -0.481 e. The third kappa shape index (κ3) is 5.72. The van der Waals surface area contributed by atoms with E-state index in [4.69, 9.17) is 9.84 Å². The molecule has 2 amide bonds. The molecule has 0 aromatic heterocycles. The van der Waals surface area contributed by atoms with Crippen LogP contribution in [0.15, 0.2) is 48.5 Å². The van der Waals surface area contributed by atoms with Gasteiger partial charge in [0.1, 0.15) is 6.61 Å². The SMILES string of the molecule is O=C(CCCCCNC(=O)OCC1c2ccccc2-c2ccccc21)NC[C@H]1C[C@H]1C(=O)O. The molecule has 2 aromatic rings. The molecule has 174 valence electrons. The molecule has 0 saturated heterocycles. The average Bonchev–Trinajstić information content (AvgIpc) is 3.54. The summed E-state index contributed by atoms with van der Waals surface area (Å²) in [5.41, 5.74) is 4.77. The van der Waals surface area contributed by atoms with Gasteiger partial charge in [0.15, 0.2) is 0 Å². The zero-order valence-corrected chi connectivity index (χ0v) is 18.6. The Morgan fingerprint density at radius 2 is 1.58 bits per heavy atom. The Bertz CT molecular complexity index is 976. The van der Waals surface area contributed by atoms with Gasteiger partial charge in [-0.3, -0.25) is 9.59 Å². The van der Waals surface area contributed by atoms with Crippen molar-refractivity contribution >= 4 is 18.0 Å². The van der Waals surface area contributed by atoms with Crippen LogP contribution in [0.1, 0.15) is 49.1 Å². The number of amides is 2. The third-order valence-corrected chi connectivity index (χ3v) is 6.49. The number of rotatable bonds is 11. The maximum absolute atomic E-state index is 12.2. The summed E-state index contributed by atoms with van der Waals surface area (Å²) >= 11 is 0. The number of fused-ring (bicyclic) bond motifs is 3. The Balaban J connectivity index is 1.09. The number of hydrogen-bond acceptors (Lipinski definition) is 4. The van der Waals surface area contributed by atoms with Crippen molar-refractivity contribution in [2.45, 2.75) is 38.0 Å². The third-order valence-electron chi connectivity index (χ3n) is 6.49. The van der Waals surface area contributed by atoms with Crippen LogP contribution in [0.25, 0.3) is 11.1 Å². The number of benzene rings is 2. The lowest BCUT2D eigenvalue weighted by Crippen LogP contribution is -2.27. The van der Waals surface area contributed by atoms with Crippen molar-refractivity contribution in [1.82, 2.24) is 10.6 Å². The van der Waals surface area contributed by atoms with Gasteiger partial charge in [-0.05, 0) is 47.4 Å². The topological polar surface area (TPSA) is 105 Å². The Labute approximate surface area is 193 Å². The van der Waals surface area contributed by atoms with E-state index in [2.05, 4.69) is 34.9 Å². The summed E-state index contributed by atoms with van der Waals surface area (Å²) < 4.78 is 5.51. The van der Waals surface area contributed by atoms with E-state index in [0.29, 0.717) is 32.5 Å². The van der Waals surface area contributed by atoms with Crippen LogP contribution in [-0.4, -0.2) is 42.8 Å². The van der Waals surface area contributed by atoms with Crippen molar-refractivity contribution in [3.63, 3.8) is 0 Å². The maximum Gasteiger partial charge on any atom is 0.407 e. The number of carbonyl (C=O) groups excluding carboxylic acids is 2. The van der Waals surface area contributed by atoms with E-state index in [-0.39, 0.29) is 23.7 Å². The van der Waals surface area contributed by atoms with E-state index in [1.54, 1.807) is 0 Å². The number of unbranched alkanes of at least 4 members (excludes halogenated alkanes) is 2. The summed E-state index contributed by atoms with van der Waals surface area (Å²) in [6.07, 6.45) is 2.95. The molecule has 0 unspecified atom stereocenters. The first kappa shape index (κ1) is 22.8. The second-order valence-corrected chi connectivity index (χ2v) is 8.81. The highest BCUT2D eigenvalue weighted by atomic mass is 16.5. The summed E-state index contributed by atoms with van der Waals surface area (Å²) in [7, 11) is 0. The zero-order chi connectivity index (χ0) is 23.2. The summed E-state index contributed by atoms with van der Waals surface area (Å²) in [5.74, 6) is -1.00. The number of hydrogen-bond donors (Lipinski definition) is 3. The Kier molecular flexibility index (Phi) is 7.27. The quantitative estimate of drug-likeness (QED) is 0.450. The fourth-order valence-electron chi connectivity index (χ4n) is 4.54. The number of ether oxygens (including phenoxy) is 1. The maximum atomic E-state index is 12.2. The highest BCUT2D eigenvalue weighted by molar-refractivity contribution is 5.79. The first-order chi connectivity index (χ1) is 16.0. The number of carbonyl (C=O) groups is 3. The van der Waals surface area contributed by atoms with E-state index in [1.807, 2.05) is 24.3 Å². The average molecular weight is 451 g/mol. The molecule has 0 heterocycles. The lowest BCUT2D eigenvalue weighted by Gasteiger charge is -2.14. The number of nitrogens with one attached hydrogen (secondary N) is 2. The van der Waals surface area contributed by atoms with Crippen LogP contribution in [0.5, 0.6) is 0 Å². The highest BCUT2D eigenvalue weighted by Gasteiger charge is 2.42. The zero-order valence-electron chi connectivity index (χ0n) is 18.6. The molecule has 33 heavy (non-hydrogen) atoms. The van der Waals surface area contributed by atoms with Crippen LogP contribution >= 0.6 is 0 Å². The Morgan fingerprint density at radius 1 is 0.909 bits per heavy atom. The van der Waals surface area contributed by atoms with Crippen LogP contribution < -0.4 is 10.6 Å². The van der Waals surface area contributed by atoms with E-state index >= 15 is 0 Å². The molecule has 4 rings (SSSR count). The number of alkyl carbamates (subject to hydrolysis) is 1. The molecule has 1 saturated carbocycles. The van der Waals surface area contributed by atoms with E-state index in [9.17, 15) is 14.4 Å². The van der Waals surface area contributed by atoms with Gasteiger partial charge >= 0.3 is 12.1 Å². The summed E-state index contributed by atoms with van der Waals surface area (Å²) in [6, 6.07) is 16.5. The second-order valence-electron chi connectivity index (χ2n) is 8.81. The predicted octanol–water partition coefficient (Wildman–Crippen LogP) is 3.92. The van der Waals surface area contributed by atoms with Crippen LogP contribution in [-0.2, 0) is 14.3 Å². The number of carboxylic acids is 1. The van der Waals surface area contributed by atoms with Gasteiger partial charge in [0.25, 0.3) is 0 Å². The van der Waals surface area contributed by atoms with Gasteiger partial charge in [0.05, 0.1) is 5.92 Å². The van der Waals surface area contributed by atoms with Gasteiger partial charge < -0.3 is 20.5 Å². The van der Waals surface area contributed by atoms with Gasteiger partial charge in [-0.1, -0.05) is 55.0 Å². The van der Waals surface area contributed by atoms with Gasteiger partial charge in [-0.15, -0.1) is 0 Å². The van der Waals surface area contributed by atoms with Crippen molar-refractivity contribution in [2.24, 2.45) is 11.8 Å². The lowest BCUT2D eigenvalue weighted by molar-refractivity contribution is -0.139. The standard InChI is InChI=1S/C26H30N2O5/c29-24(28-15-17-14-22(17)25(30)31)12-2-1-7-13-27-26(32)33-16-23-20-10-5-3-8-18(20)19-9-4-6-11-21(19)23/h3-6,8-11,17,22-23H,1-2,7,12-16H2,(H,27,32)(H,28,29)(H,30,31)/t17-,22-/m1/s1. The van der Waals surface area contributed by atoms with E-state index in [0.717, 1.165) is 19.3 Å². The van der Waals surface area contributed by atoms with Gasteiger partial charge in [-0.25, -0.2) is 4.79 Å². The minimum atomic E-state index is -0.779. The Hall–Kier alpha value is -3.35. The van der Waals surface area contributed by atoms with Crippen molar-refractivity contribution in [3.05, 3.63) is 59.7 Å². The van der Waals surface area contributed by atoms with E-state index in [1.165, 1.54) is 22.3 Å². The lowest BCUT2D eigenvalue weighted by atomic mass is 9.98. The molecule has 1 fully saturated rings. The molecular weight excluding hydrogens is 420 g/mol. The molecule has 2 atom stereocenters. The van der Waals surface area contributed by atoms with Crippen LogP contribution in [0.4, 0.5) is 4.79 Å². The molecule has 2 aromatic carbocycles. The fraction of sp³-hybridized carbons (Fsp3) is 0.423. The monoisotopic (exact) mass is 450 g/mol. The van der Waals surface area contributed by atoms with E-state index < -0.39 is 12.1 Å². The number of aliphatic carboxylic acids is 1. The van der Waals surface area contributed by atoms with Crippen molar-refractivity contribution in [3.8, 4) is 11.1 Å². The molecule has 0 bridgehead atoms. The molecule has 2 aliphatic carbocycles. The van der Waals surface area contributed by atoms with Gasteiger partial charge in [-0.2, -0.15) is 0 Å². The molecule has 2 aliphatic rings. The van der Waals surface area contributed by atoms with Gasteiger partial charge in [0, 0.05) is 25.4 Å². The smallest absolute Gasteiger partial charge is 0.407 e. The molecule has 0 radical (unpaired) electrons. The van der Waals surface area contributed by atoms with Crippen LogP contribution in [0.2, 0.25) is 0 Å². The molecule has 0 spiro atoms. The largest absolute Gasteiger partial charge is 0.481 e. The summed E-state index contributed by atoms with van der Waals surface area (Å²) in [5, 5.41) is 14.5. The van der Waals surface area contributed by atoms with Crippen LogP contribution in [0.3, 0.4) is 0 Å². The molecule has 7 nitrogen and oxygen atoms in total. The van der Waals surface area contributed by atoms with Crippen molar-refractivity contribution in [2.75, 3.05) is 19.7 Å². The first-order valence-electron chi connectivity index (χ1n) is 11.6. The highest BCUT2D eigenvalue weighted by Crippen LogP contribution is 2.44. The number of carboxylic acid groups (broad SMARTS) is 1. The summed E-state index contributed by atoms with van der Waals surface area (Å²) in [4.78, 5) is 34.8. The summed E-state index contributed by atoms with van der Waals surface area (Å²) in [6.45, 7) is 1.24. The van der Waals surface area contributed by atoms with Crippen LogP contribution in [0, 0.1) is 11.8 Å². The van der Waals surface area contributed by atoms with Crippen molar-refractivity contribution in [1.29, 1.82) is 0 Å². The van der Waals surface area contributed by atoms with Gasteiger partial charge in [0.2, 0.25) is 5.91 Å².